The van der Waals surface area contributed by atoms with Crippen LogP contribution in [0.25, 0.3) is 10.8 Å². The Bertz CT molecular complexity index is 638. The number of nitrogens with zero attached hydrogens (tertiary/aromatic N) is 1. The van der Waals surface area contributed by atoms with Gasteiger partial charge in [0.25, 0.3) is 0 Å². The van der Waals surface area contributed by atoms with Crippen molar-refractivity contribution in [3.05, 3.63) is 35.9 Å². The van der Waals surface area contributed by atoms with E-state index >= 15 is 0 Å². The first-order valence-corrected chi connectivity index (χ1v) is 7.82. The maximum atomic E-state index is 9.62. The van der Waals surface area contributed by atoms with E-state index in [2.05, 4.69) is 24.0 Å². The predicted molar refractivity (Wildman–Crippen MR) is 85.9 cm³/mol. The number of hydrogen-bond donors (Lipinski definition) is 2. The van der Waals surface area contributed by atoms with Crippen LogP contribution >= 0.6 is 0 Å². The van der Waals surface area contributed by atoms with Gasteiger partial charge in [0.05, 0.1) is 0 Å². The lowest BCUT2D eigenvalue weighted by atomic mass is 10.0. The average molecular weight is 285 g/mol. The van der Waals surface area contributed by atoms with Gasteiger partial charge >= 0.3 is 0 Å². The molecule has 1 atom stereocenters. The van der Waals surface area contributed by atoms with Crippen molar-refractivity contribution in [3.63, 3.8) is 0 Å². The Balaban J connectivity index is 1.73. The largest absolute Gasteiger partial charge is 0.504 e. The van der Waals surface area contributed by atoms with E-state index in [0.29, 0.717) is 6.04 Å². The maximum absolute atomic E-state index is 9.62. The molecule has 2 aromatic rings. The fourth-order valence-corrected chi connectivity index (χ4v) is 3.24. The third-order valence-electron chi connectivity index (χ3n) is 4.63. The average Bonchev–Trinajstić information content (AvgIpc) is 2.48. The summed E-state index contributed by atoms with van der Waals surface area (Å²) in [6.07, 6.45) is 5.01. The molecule has 1 unspecified atom stereocenters. The van der Waals surface area contributed by atoms with E-state index in [1.165, 1.54) is 31.4 Å². The molecule has 2 aromatic carbocycles. The number of likely N-dealkylation sites (tertiary alicyclic amines) is 1. The number of phenolic OH excluding ortho intramolecular Hbond substituents is 2. The van der Waals surface area contributed by atoms with Crippen molar-refractivity contribution >= 4 is 10.8 Å². The van der Waals surface area contributed by atoms with E-state index < -0.39 is 0 Å². The van der Waals surface area contributed by atoms with Crippen LogP contribution in [0.1, 0.15) is 31.7 Å². The smallest absolute Gasteiger partial charge is 0.158 e. The first kappa shape index (κ1) is 14.2. The Kier molecular flexibility index (Phi) is 4.02. The van der Waals surface area contributed by atoms with Crippen molar-refractivity contribution in [2.24, 2.45) is 0 Å². The Labute approximate surface area is 125 Å². The fraction of sp³-hybridized carbons (Fsp3) is 0.444. The van der Waals surface area contributed by atoms with Gasteiger partial charge in [-0.15, -0.1) is 0 Å². The molecular weight excluding hydrogens is 262 g/mol. The zero-order chi connectivity index (χ0) is 14.8. The summed E-state index contributed by atoms with van der Waals surface area (Å²) in [7, 11) is 0. The summed E-state index contributed by atoms with van der Waals surface area (Å²) in [5.74, 6) is -0.110. The van der Waals surface area contributed by atoms with Crippen LogP contribution in [0.15, 0.2) is 30.3 Å². The maximum Gasteiger partial charge on any atom is 0.158 e. The van der Waals surface area contributed by atoms with Crippen LogP contribution in [0.2, 0.25) is 0 Å². The van der Waals surface area contributed by atoms with Crippen LogP contribution in [0.3, 0.4) is 0 Å². The molecule has 1 aliphatic rings. The molecule has 3 nitrogen and oxygen atoms in total. The van der Waals surface area contributed by atoms with Crippen LogP contribution in [0.4, 0.5) is 0 Å². The second-order valence-electron chi connectivity index (χ2n) is 6.15. The topological polar surface area (TPSA) is 43.7 Å². The van der Waals surface area contributed by atoms with E-state index in [-0.39, 0.29) is 11.5 Å². The number of fused-ring (bicyclic) bond motifs is 1. The van der Waals surface area contributed by atoms with Gasteiger partial charge in [-0.05, 0) is 61.2 Å². The van der Waals surface area contributed by atoms with E-state index in [1.807, 2.05) is 6.07 Å². The van der Waals surface area contributed by atoms with Crippen LogP contribution in [0, 0.1) is 0 Å². The van der Waals surface area contributed by atoms with Crippen molar-refractivity contribution in [1.82, 2.24) is 4.90 Å². The molecule has 0 spiro atoms. The molecule has 1 fully saturated rings. The van der Waals surface area contributed by atoms with Crippen LogP contribution in [-0.4, -0.2) is 34.2 Å². The highest BCUT2D eigenvalue weighted by molar-refractivity contribution is 5.86. The number of benzene rings is 2. The first-order chi connectivity index (χ1) is 10.1. The minimum Gasteiger partial charge on any atom is -0.504 e. The minimum absolute atomic E-state index is 0.0516. The van der Waals surface area contributed by atoms with Gasteiger partial charge in [-0.2, -0.15) is 0 Å². The molecule has 1 heterocycles. The molecule has 3 rings (SSSR count). The fourth-order valence-electron chi connectivity index (χ4n) is 3.24. The van der Waals surface area contributed by atoms with Gasteiger partial charge in [0.1, 0.15) is 0 Å². The third kappa shape index (κ3) is 3.13. The summed E-state index contributed by atoms with van der Waals surface area (Å²) in [5.41, 5.74) is 1.28. The second kappa shape index (κ2) is 5.94. The molecule has 0 aromatic heterocycles. The Morgan fingerprint density at radius 2 is 1.81 bits per heavy atom. The van der Waals surface area contributed by atoms with Gasteiger partial charge in [-0.3, -0.25) is 0 Å². The zero-order valence-electron chi connectivity index (χ0n) is 12.5. The summed E-state index contributed by atoms with van der Waals surface area (Å²) >= 11 is 0. The summed E-state index contributed by atoms with van der Waals surface area (Å²) in [5, 5.41) is 21.1. The summed E-state index contributed by atoms with van der Waals surface area (Å²) in [6.45, 7) is 4.63. The monoisotopic (exact) mass is 285 g/mol. The molecule has 3 heteroatoms. The minimum atomic E-state index is -0.0580. The standard InChI is InChI=1S/C18H23NO2/c1-13-4-2-3-8-19(13)9-7-14-5-6-15-11-17(20)18(21)12-16(15)10-14/h5-6,10-13,20-21H,2-4,7-9H2,1H3. The summed E-state index contributed by atoms with van der Waals surface area (Å²) < 4.78 is 0. The highest BCUT2D eigenvalue weighted by Gasteiger charge is 2.17. The van der Waals surface area contributed by atoms with E-state index in [0.717, 1.165) is 23.7 Å². The first-order valence-electron chi connectivity index (χ1n) is 7.82. The van der Waals surface area contributed by atoms with Crippen molar-refractivity contribution in [3.8, 4) is 11.5 Å². The molecule has 0 saturated carbocycles. The molecular formula is C18H23NO2. The number of phenols is 2. The number of hydrogen-bond acceptors (Lipinski definition) is 3. The van der Waals surface area contributed by atoms with Gasteiger partial charge in [0, 0.05) is 12.6 Å². The quantitative estimate of drug-likeness (QED) is 0.846. The second-order valence-corrected chi connectivity index (χ2v) is 6.15. The van der Waals surface area contributed by atoms with Gasteiger partial charge < -0.3 is 15.1 Å². The Morgan fingerprint density at radius 3 is 2.57 bits per heavy atom. The Hall–Kier alpha value is -1.74. The molecule has 0 amide bonds. The lowest BCUT2D eigenvalue weighted by Gasteiger charge is -2.33. The zero-order valence-corrected chi connectivity index (χ0v) is 12.5. The molecule has 112 valence electrons. The number of aromatic hydroxyl groups is 2. The van der Waals surface area contributed by atoms with Crippen LogP contribution in [0.5, 0.6) is 11.5 Å². The molecule has 1 aliphatic heterocycles. The molecule has 0 aliphatic carbocycles. The van der Waals surface area contributed by atoms with E-state index in [4.69, 9.17) is 0 Å². The summed E-state index contributed by atoms with van der Waals surface area (Å²) in [6, 6.07) is 10.2. The summed E-state index contributed by atoms with van der Waals surface area (Å²) in [4.78, 5) is 2.57. The van der Waals surface area contributed by atoms with Crippen molar-refractivity contribution < 1.29 is 10.2 Å². The van der Waals surface area contributed by atoms with Crippen molar-refractivity contribution in [2.45, 2.75) is 38.6 Å². The van der Waals surface area contributed by atoms with Gasteiger partial charge in [0.15, 0.2) is 11.5 Å². The normalized spacial score (nSPS) is 20.0. The molecule has 1 saturated heterocycles. The van der Waals surface area contributed by atoms with Gasteiger partial charge in [-0.1, -0.05) is 24.6 Å². The van der Waals surface area contributed by atoms with Gasteiger partial charge in [-0.25, -0.2) is 0 Å². The van der Waals surface area contributed by atoms with Crippen LogP contribution in [-0.2, 0) is 6.42 Å². The van der Waals surface area contributed by atoms with Crippen molar-refractivity contribution in [1.29, 1.82) is 0 Å². The SMILES string of the molecule is CC1CCCCN1CCc1ccc2cc(O)c(O)cc2c1. The lowest BCUT2D eigenvalue weighted by molar-refractivity contribution is 0.163. The highest BCUT2D eigenvalue weighted by atomic mass is 16.3. The van der Waals surface area contributed by atoms with E-state index in [9.17, 15) is 10.2 Å². The molecule has 0 radical (unpaired) electrons. The lowest BCUT2D eigenvalue weighted by Crippen LogP contribution is -2.38. The highest BCUT2D eigenvalue weighted by Crippen LogP contribution is 2.30. The molecule has 2 N–H and O–H groups in total. The third-order valence-corrected chi connectivity index (χ3v) is 4.63. The van der Waals surface area contributed by atoms with E-state index in [1.54, 1.807) is 12.1 Å². The van der Waals surface area contributed by atoms with Crippen molar-refractivity contribution in [2.75, 3.05) is 13.1 Å². The molecule has 21 heavy (non-hydrogen) atoms. The van der Waals surface area contributed by atoms with Gasteiger partial charge in [0.2, 0.25) is 0 Å². The number of piperidine rings is 1. The predicted octanol–water partition coefficient (Wildman–Crippen LogP) is 3.67. The molecule has 0 bridgehead atoms. The van der Waals surface area contributed by atoms with Crippen LogP contribution < -0.4 is 0 Å². The number of rotatable bonds is 3. The Morgan fingerprint density at radius 1 is 1.05 bits per heavy atom.